The monoisotopic (exact) mass is 375 g/mol. The Labute approximate surface area is 158 Å². The third-order valence-corrected chi connectivity index (χ3v) is 4.74. The van der Waals surface area contributed by atoms with E-state index in [2.05, 4.69) is 11.9 Å². The second-order valence-corrected chi connectivity index (χ2v) is 6.68. The van der Waals surface area contributed by atoms with Crippen molar-refractivity contribution in [2.24, 2.45) is 0 Å². The van der Waals surface area contributed by atoms with Crippen molar-refractivity contribution in [1.82, 2.24) is 4.98 Å². The van der Waals surface area contributed by atoms with Gasteiger partial charge in [0, 0.05) is 10.9 Å². The zero-order chi connectivity index (χ0) is 18.8. The minimum absolute atomic E-state index is 0.309. The summed E-state index contributed by atoms with van der Waals surface area (Å²) in [4.78, 5) is 16.6. The van der Waals surface area contributed by atoms with Gasteiger partial charge in [-0.15, -0.1) is 11.3 Å². The molecule has 0 bridgehead atoms. The number of carbonyl (C=O) groups is 1. The lowest BCUT2D eigenvalue weighted by atomic mass is 10.1. The molecule has 0 spiro atoms. The van der Waals surface area contributed by atoms with Crippen molar-refractivity contribution in [1.29, 1.82) is 0 Å². The molecule has 0 atom stereocenters. The fourth-order valence-electron chi connectivity index (χ4n) is 2.47. The predicted molar refractivity (Wildman–Crippen MR) is 103 cm³/mol. The highest BCUT2D eigenvalue weighted by Crippen LogP contribution is 2.28. The maximum Gasteiger partial charge on any atom is 0.341 e. The summed E-state index contributed by atoms with van der Waals surface area (Å²) in [6.45, 7) is 2.54. The van der Waals surface area contributed by atoms with Gasteiger partial charge in [0.05, 0.1) is 31.2 Å². The first-order valence-corrected chi connectivity index (χ1v) is 9.54. The topological polar surface area (TPSA) is 57.7 Å². The molecule has 0 saturated carbocycles. The minimum Gasteiger partial charge on any atom is -0.503 e. The largest absolute Gasteiger partial charge is 0.503 e. The molecule has 0 aliphatic rings. The Morgan fingerprint density at radius 2 is 2.04 bits per heavy atom. The zero-order valence-electron chi connectivity index (χ0n) is 15.5. The van der Waals surface area contributed by atoms with Crippen LogP contribution < -0.4 is 4.74 Å². The first kappa shape index (κ1) is 20.0. The molecule has 0 fully saturated rings. The summed E-state index contributed by atoms with van der Waals surface area (Å²) in [6, 6.07) is 7.31. The average Bonchev–Trinajstić information content (AvgIpc) is 3.12. The van der Waals surface area contributed by atoms with Crippen LogP contribution in [0, 0.1) is 0 Å². The molecule has 0 N–H and O–H groups in total. The van der Waals surface area contributed by atoms with E-state index in [0.29, 0.717) is 23.5 Å². The third kappa shape index (κ3) is 5.59. The lowest BCUT2D eigenvalue weighted by Gasteiger charge is -2.12. The molecule has 1 aromatic heterocycles. The van der Waals surface area contributed by atoms with Crippen LogP contribution in [0.25, 0.3) is 5.57 Å². The Kier molecular flexibility index (Phi) is 8.15. The van der Waals surface area contributed by atoms with Crippen LogP contribution in [-0.2, 0) is 27.3 Å². The van der Waals surface area contributed by atoms with Crippen molar-refractivity contribution < 1.29 is 19.0 Å². The van der Waals surface area contributed by atoms with Crippen molar-refractivity contribution in [2.75, 3.05) is 14.2 Å². The lowest BCUT2D eigenvalue weighted by molar-refractivity contribution is -0.133. The van der Waals surface area contributed by atoms with Crippen LogP contribution in [0.1, 0.15) is 42.5 Å². The van der Waals surface area contributed by atoms with Gasteiger partial charge in [0.25, 0.3) is 0 Å². The van der Waals surface area contributed by atoms with Crippen LogP contribution in [0.3, 0.4) is 0 Å². The normalized spacial score (nSPS) is 11.3. The van der Waals surface area contributed by atoms with E-state index in [1.54, 1.807) is 17.4 Å². The quantitative estimate of drug-likeness (QED) is 0.263. The summed E-state index contributed by atoms with van der Waals surface area (Å²) in [5.74, 6) is 0.108. The molecular weight excluding hydrogens is 350 g/mol. The van der Waals surface area contributed by atoms with Gasteiger partial charge >= 0.3 is 5.97 Å². The summed E-state index contributed by atoms with van der Waals surface area (Å²) in [5, 5.41) is 3.16. The van der Waals surface area contributed by atoms with Gasteiger partial charge in [-0.2, -0.15) is 0 Å². The van der Waals surface area contributed by atoms with Gasteiger partial charge in [-0.1, -0.05) is 38.0 Å². The van der Waals surface area contributed by atoms with Crippen LogP contribution in [0.15, 0.2) is 35.9 Å². The van der Waals surface area contributed by atoms with Gasteiger partial charge in [-0.05, 0) is 18.9 Å². The molecule has 6 heteroatoms. The number of methoxy groups -OCH3 is 2. The fourth-order valence-corrected chi connectivity index (χ4v) is 3.30. The summed E-state index contributed by atoms with van der Waals surface area (Å²) < 4.78 is 15.8. The number of unbranched alkanes of at least 4 members (excludes halogenated alkanes) is 2. The highest BCUT2D eigenvalue weighted by Gasteiger charge is 2.17. The number of aryl methyl sites for hydroxylation is 1. The van der Waals surface area contributed by atoms with Crippen LogP contribution in [0.4, 0.5) is 0 Å². The Hall–Kier alpha value is -2.34. The molecular formula is C20H25NO4S. The van der Waals surface area contributed by atoms with Gasteiger partial charge in [-0.3, -0.25) is 0 Å². The maximum atomic E-state index is 12.0. The number of para-hydroxylation sites is 1. The summed E-state index contributed by atoms with van der Waals surface area (Å²) in [6.07, 6.45) is 5.97. The third-order valence-electron chi connectivity index (χ3n) is 3.79. The molecule has 0 amide bonds. The Morgan fingerprint density at radius 1 is 1.23 bits per heavy atom. The van der Waals surface area contributed by atoms with Crippen LogP contribution >= 0.6 is 11.3 Å². The Morgan fingerprint density at radius 3 is 2.77 bits per heavy atom. The number of hydrogen-bond donors (Lipinski definition) is 0. The molecule has 0 unspecified atom stereocenters. The molecule has 0 aliphatic carbocycles. The van der Waals surface area contributed by atoms with Crippen molar-refractivity contribution in [3.05, 3.63) is 52.2 Å². The smallest absolute Gasteiger partial charge is 0.341 e. The van der Waals surface area contributed by atoms with Crippen molar-refractivity contribution in [3.63, 3.8) is 0 Å². The fraction of sp³-hybridized carbons (Fsp3) is 0.400. The summed E-state index contributed by atoms with van der Waals surface area (Å²) >= 11 is 1.67. The number of ether oxygens (including phenoxy) is 3. The number of aromatic nitrogens is 1. The van der Waals surface area contributed by atoms with E-state index in [1.165, 1.54) is 33.3 Å². The second-order valence-electron chi connectivity index (χ2n) is 5.73. The molecule has 2 rings (SSSR count). The van der Waals surface area contributed by atoms with E-state index in [9.17, 15) is 4.79 Å². The molecule has 0 saturated heterocycles. The SMILES string of the molecule is CCCCCc1nc(COc2ccccc2/C(=C/OC)C(=O)OC)cs1. The molecule has 1 heterocycles. The number of nitrogens with zero attached hydrogens (tertiary/aromatic N) is 1. The molecule has 5 nitrogen and oxygen atoms in total. The first-order valence-electron chi connectivity index (χ1n) is 8.66. The number of rotatable bonds is 10. The van der Waals surface area contributed by atoms with Crippen molar-refractivity contribution in [2.45, 2.75) is 39.2 Å². The molecule has 1 aromatic carbocycles. The molecule has 0 aliphatic heterocycles. The average molecular weight is 375 g/mol. The van der Waals surface area contributed by atoms with Crippen LogP contribution in [0.5, 0.6) is 5.75 Å². The number of esters is 1. The summed E-state index contributed by atoms with van der Waals surface area (Å²) in [7, 11) is 2.83. The van der Waals surface area contributed by atoms with E-state index < -0.39 is 5.97 Å². The molecule has 2 aromatic rings. The van der Waals surface area contributed by atoms with E-state index in [4.69, 9.17) is 14.2 Å². The predicted octanol–water partition coefficient (Wildman–Crippen LogP) is 4.62. The van der Waals surface area contributed by atoms with Gasteiger partial charge in [-0.25, -0.2) is 9.78 Å². The number of benzene rings is 1. The van der Waals surface area contributed by atoms with Crippen LogP contribution in [-0.4, -0.2) is 25.2 Å². The van der Waals surface area contributed by atoms with Crippen LogP contribution in [0.2, 0.25) is 0 Å². The van der Waals surface area contributed by atoms with Crippen molar-refractivity contribution >= 4 is 22.9 Å². The summed E-state index contributed by atoms with van der Waals surface area (Å²) in [5.41, 5.74) is 1.83. The minimum atomic E-state index is -0.477. The van der Waals surface area contributed by atoms with Gasteiger partial charge in [0.2, 0.25) is 0 Å². The number of thiazole rings is 1. The Balaban J connectivity index is 2.08. The highest BCUT2D eigenvalue weighted by molar-refractivity contribution is 7.09. The Bertz CT molecular complexity index is 739. The first-order chi connectivity index (χ1) is 12.7. The van der Waals surface area contributed by atoms with E-state index in [-0.39, 0.29) is 0 Å². The maximum absolute atomic E-state index is 12.0. The van der Waals surface area contributed by atoms with Gasteiger partial charge in [0.1, 0.15) is 17.9 Å². The van der Waals surface area contributed by atoms with E-state index >= 15 is 0 Å². The standard InChI is InChI=1S/C20H25NO4S/c1-4-5-6-11-19-21-15(14-26-19)12-25-18-10-8-7-9-16(18)17(13-23-2)20(22)24-3/h7-10,13-14H,4-6,11-12H2,1-3H3/b17-13-. The van der Waals surface area contributed by atoms with Gasteiger partial charge < -0.3 is 14.2 Å². The van der Waals surface area contributed by atoms with E-state index in [0.717, 1.165) is 23.5 Å². The highest BCUT2D eigenvalue weighted by atomic mass is 32.1. The second kappa shape index (κ2) is 10.6. The molecule has 26 heavy (non-hydrogen) atoms. The lowest BCUT2D eigenvalue weighted by Crippen LogP contribution is -2.07. The molecule has 140 valence electrons. The number of hydrogen-bond acceptors (Lipinski definition) is 6. The molecule has 0 radical (unpaired) electrons. The van der Waals surface area contributed by atoms with E-state index in [1.807, 2.05) is 23.6 Å². The van der Waals surface area contributed by atoms with Gasteiger partial charge in [0.15, 0.2) is 0 Å². The zero-order valence-corrected chi connectivity index (χ0v) is 16.3. The van der Waals surface area contributed by atoms with Crippen molar-refractivity contribution in [3.8, 4) is 5.75 Å². The number of carbonyl (C=O) groups excluding carboxylic acids is 1.